The lowest BCUT2D eigenvalue weighted by molar-refractivity contribution is 0.0692. The highest BCUT2D eigenvalue weighted by Crippen LogP contribution is 2.44. The van der Waals surface area contributed by atoms with Gasteiger partial charge in [0.15, 0.2) is 5.78 Å². The maximum Gasteiger partial charge on any atom is 0.584 e. The van der Waals surface area contributed by atoms with Gasteiger partial charge in [0.2, 0.25) is 0 Å². The van der Waals surface area contributed by atoms with Crippen molar-refractivity contribution in [3.8, 4) is 11.5 Å². The third-order valence-corrected chi connectivity index (χ3v) is 4.59. The standard InChI is InChI=1S/C20H15O7P/c21-19(17-8-4-5-9-18(17)20(22)23)14-10-12-16(13-11-14)27-28(24,25)26-15-6-2-1-3-7-15/h1-13H,(H,22,23)(H,24,25). The first-order valence-electron chi connectivity index (χ1n) is 8.10. The third-order valence-electron chi connectivity index (χ3n) is 3.70. The molecule has 3 aromatic rings. The van der Waals surface area contributed by atoms with Crippen LogP contribution in [0, 0.1) is 0 Å². The van der Waals surface area contributed by atoms with Crippen LogP contribution >= 0.6 is 7.82 Å². The molecule has 2 N–H and O–H groups in total. The highest BCUT2D eigenvalue weighted by Gasteiger charge is 2.25. The number of carbonyl (C=O) groups excluding carboxylic acids is 1. The number of phosphoric acid groups is 1. The van der Waals surface area contributed by atoms with Crippen LogP contribution < -0.4 is 9.05 Å². The molecule has 0 aliphatic heterocycles. The van der Waals surface area contributed by atoms with Gasteiger partial charge in [0.05, 0.1) is 5.56 Å². The molecule has 0 bridgehead atoms. The van der Waals surface area contributed by atoms with Gasteiger partial charge in [-0.3, -0.25) is 9.69 Å². The molecular formula is C20H15O7P. The molecule has 0 saturated carbocycles. The molecule has 0 aromatic heterocycles. The molecule has 0 aliphatic carbocycles. The van der Waals surface area contributed by atoms with Gasteiger partial charge in [-0.25, -0.2) is 9.36 Å². The van der Waals surface area contributed by atoms with Crippen LogP contribution in [0.5, 0.6) is 11.5 Å². The number of ketones is 1. The Bertz CT molecular complexity index is 1050. The van der Waals surface area contributed by atoms with E-state index in [1.54, 1.807) is 24.3 Å². The first-order chi connectivity index (χ1) is 13.4. The second-order valence-electron chi connectivity index (χ2n) is 5.67. The number of rotatable bonds is 7. The molecule has 0 fully saturated rings. The van der Waals surface area contributed by atoms with Crippen LogP contribution in [-0.4, -0.2) is 21.8 Å². The molecule has 0 spiro atoms. The summed E-state index contributed by atoms with van der Waals surface area (Å²) in [5.74, 6) is -1.50. The molecule has 0 aliphatic rings. The molecule has 0 radical (unpaired) electrons. The molecular weight excluding hydrogens is 383 g/mol. The van der Waals surface area contributed by atoms with E-state index in [1.165, 1.54) is 54.6 Å². The number of hydrogen-bond acceptors (Lipinski definition) is 5. The molecule has 8 heteroatoms. The van der Waals surface area contributed by atoms with Gasteiger partial charge in [-0.1, -0.05) is 36.4 Å². The van der Waals surface area contributed by atoms with Crippen molar-refractivity contribution in [2.24, 2.45) is 0 Å². The molecule has 1 unspecified atom stereocenters. The fourth-order valence-electron chi connectivity index (χ4n) is 2.46. The minimum absolute atomic E-state index is 0.0184. The Kier molecular flexibility index (Phi) is 5.59. The average Bonchev–Trinajstić information content (AvgIpc) is 2.68. The highest BCUT2D eigenvalue weighted by atomic mass is 31.2. The van der Waals surface area contributed by atoms with Gasteiger partial charge in [-0.2, -0.15) is 0 Å². The second-order valence-corrected chi connectivity index (χ2v) is 6.97. The monoisotopic (exact) mass is 398 g/mol. The Balaban J connectivity index is 1.76. The lowest BCUT2D eigenvalue weighted by Gasteiger charge is -2.14. The first-order valence-corrected chi connectivity index (χ1v) is 9.59. The number of carboxylic acids is 1. The lowest BCUT2D eigenvalue weighted by Crippen LogP contribution is -2.09. The van der Waals surface area contributed by atoms with Gasteiger partial charge >= 0.3 is 13.8 Å². The van der Waals surface area contributed by atoms with Gasteiger partial charge in [-0.15, -0.1) is 0 Å². The Labute approximate surface area is 160 Å². The zero-order valence-electron chi connectivity index (χ0n) is 14.4. The minimum Gasteiger partial charge on any atom is -0.478 e. The topological polar surface area (TPSA) is 110 Å². The Morgan fingerprint density at radius 3 is 1.79 bits per heavy atom. The van der Waals surface area contributed by atoms with Crippen molar-refractivity contribution < 1.29 is 33.2 Å². The van der Waals surface area contributed by atoms with Gasteiger partial charge < -0.3 is 14.2 Å². The van der Waals surface area contributed by atoms with E-state index in [2.05, 4.69) is 0 Å². The van der Waals surface area contributed by atoms with Crippen molar-refractivity contribution in [2.75, 3.05) is 0 Å². The minimum atomic E-state index is -4.42. The van der Waals surface area contributed by atoms with Crippen LogP contribution in [0.15, 0.2) is 78.9 Å². The number of aromatic carboxylic acids is 1. The highest BCUT2D eigenvalue weighted by molar-refractivity contribution is 7.48. The van der Waals surface area contributed by atoms with E-state index in [0.717, 1.165) is 0 Å². The van der Waals surface area contributed by atoms with Crippen LogP contribution in [0.1, 0.15) is 26.3 Å². The van der Waals surface area contributed by atoms with E-state index >= 15 is 0 Å². The number of benzene rings is 3. The molecule has 142 valence electrons. The van der Waals surface area contributed by atoms with Gasteiger partial charge in [-0.05, 0) is 42.5 Å². The summed E-state index contributed by atoms with van der Waals surface area (Å²) in [6, 6.07) is 19.3. The largest absolute Gasteiger partial charge is 0.584 e. The summed E-state index contributed by atoms with van der Waals surface area (Å²) in [6.45, 7) is 0. The van der Waals surface area contributed by atoms with Crippen molar-refractivity contribution >= 4 is 19.6 Å². The SMILES string of the molecule is O=C(O)c1ccccc1C(=O)c1ccc(OP(=O)(O)Oc2ccccc2)cc1. The normalized spacial score (nSPS) is 12.6. The van der Waals surface area contributed by atoms with Gasteiger partial charge in [0, 0.05) is 11.1 Å². The number of hydrogen-bond donors (Lipinski definition) is 2. The van der Waals surface area contributed by atoms with Crippen LogP contribution in [0.25, 0.3) is 0 Å². The van der Waals surface area contributed by atoms with Crippen LogP contribution in [-0.2, 0) is 4.57 Å². The molecule has 0 saturated heterocycles. The van der Waals surface area contributed by atoms with Crippen molar-refractivity contribution in [3.63, 3.8) is 0 Å². The smallest absolute Gasteiger partial charge is 0.478 e. The van der Waals surface area contributed by atoms with Crippen molar-refractivity contribution in [2.45, 2.75) is 0 Å². The van der Waals surface area contributed by atoms with Gasteiger partial charge in [0.1, 0.15) is 11.5 Å². The van der Waals surface area contributed by atoms with Crippen LogP contribution in [0.2, 0.25) is 0 Å². The van der Waals surface area contributed by atoms with E-state index in [-0.39, 0.29) is 28.2 Å². The molecule has 7 nitrogen and oxygen atoms in total. The zero-order chi connectivity index (χ0) is 20.1. The molecule has 0 amide bonds. The molecule has 28 heavy (non-hydrogen) atoms. The summed E-state index contributed by atoms with van der Waals surface area (Å²) in [7, 11) is -4.42. The fraction of sp³-hybridized carbons (Fsp3) is 0. The Hall–Kier alpha value is -3.41. The van der Waals surface area contributed by atoms with Crippen molar-refractivity contribution in [1.82, 2.24) is 0 Å². The summed E-state index contributed by atoms with van der Waals surface area (Å²) >= 11 is 0. The summed E-state index contributed by atoms with van der Waals surface area (Å²) in [6.07, 6.45) is 0. The number of carbonyl (C=O) groups is 2. The quantitative estimate of drug-likeness (QED) is 0.454. The van der Waals surface area contributed by atoms with E-state index in [0.29, 0.717) is 0 Å². The summed E-state index contributed by atoms with van der Waals surface area (Å²) in [5, 5.41) is 9.21. The summed E-state index contributed by atoms with van der Waals surface area (Å²) in [4.78, 5) is 33.7. The zero-order valence-corrected chi connectivity index (χ0v) is 15.3. The number of para-hydroxylation sites is 1. The predicted octanol–water partition coefficient (Wildman–Crippen LogP) is 4.17. The average molecular weight is 398 g/mol. The Morgan fingerprint density at radius 2 is 1.21 bits per heavy atom. The Morgan fingerprint density at radius 1 is 0.714 bits per heavy atom. The maximum absolute atomic E-state index is 12.6. The fourth-order valence-corrected chi connectivity index (χ4v) is 3.27. The first kappa shape index (κ1) is 19.4. The van der Waals surface area contributed by atoms with Gasteiger partial charge in [0.25, 0.3) is 0 Å². The predicted molar refractivity (Wildman–Crippen MR) is 101 cm³/mol. The van der Waals surface area contributed by atoms with E-state index in [4.69, 9.17) is 9.05 Å². The summed E-state index contributed by atoms with van der Waals surface area (Å²) in [5.41, 5.74) is 0.144. The molecule has 0 heterocycles. The second kappa shape index (κ2) is 8.08. The maximum atomic E-state index is 12.6. The summed E-state index contributed by atoms with van der Waals surface area (Å²) < 4.78 is 22.0. The molecule has 3 rings (SSSR count). The molecule has 3 aromatic carbocycles. The van der Waals surface area contributed by atoms with Crippen LogP contribution in [0.4, 0.5) is 0 Å². The lowest BCUT2D eigenvalue weighted by atomic mass is 9.98. The molecule has 1 atom stereocenters. The van der Waals surface area contributed by atoms with E-state index < -0.39 is 19.6 Å². The van der Waals surface area contributed by atoms with E-state index in [9.17, 15) is 24.2 Å². The third kappa shape index (κ3) is 4.65. The number of phosphoric ester groups is 1. The van der Waals surface area contributed by atoms with Crippen LogP contribution in [0.3, 0.4) is 0 Å². The van der Waals surface area contributed by atoms with E-state index in [1.807, 2.05) is 0 Å². The van der Waals surface area contributed by atoms with Crippen molar-refractivity contribution in [1.29, 1.82) is 0 Å². The van der Waals surface area contributed by atoms with Crippen molar-refractivity contribution in [3.05, 3.63) is 95.6 Å². The number of carboxylic acid groups (broad SMARTS) is 1.